The second kappa shape index (κ2) is 6.55. The van der Waals surface area contributed by atoms with Crippen molar-refractivity contribution in [2.45, 2.75) is 12.5 Å². The lowest BCUT2D eigenvalue weighted by Crippen LogP contribution is -2.13. The molecule has 0 aliphatic heterocycles. The molecule has 0 fully saturated rings. The van der Waals surface area contributed by atoms with Crippen molar-refractivity contribution in [2.24, 2.45) is 5.73 Å². The van der Waals surface area contributed by atoms with E-state index in [1.165, 1.54) is 12.1 Å². The lowest BCUT2D eigenvalue weighted by molar-refractivity contribution is 0.197. The molecule has 19 heavy (non-hydrogen) atoms. The molecular formula is C15H15ClFNO. The molecule has 2 aromatic carbocycles. The number of halogens is 2. The van der Waals surface area contributed by atoms with Crippen molar-refractivity contribution in [1.82, 2.24) is 0 Å². The monoisotopic (exact) mass is 279 g/mol. The van der Waals surface area contributed by atoms with Gasteiger partial charge in [-0.3, -0.25) is 0 Å². The first-order valence-electron chi connectivity index (χ1n) is 6.07. The van der Waals surface area contributed by atoms with Gasteiger partial charge >= 0.3 is 0 Å². The zero-order valence-corrected chi connectivity index (χ0v) is 11.1. The average Bonchev–Trinajstić information content (AvgIpc) is 2.43. The average molecular weight is 280 g/mol. The third-order valence-electron chi connectivity index (χ3n) is 2.77. The van der Waals surface area contributed by atoms with E-state index in [1.54, 1.807) is 6.07 Å². The van der Waals surface area contributed by atoms with Crippen LogP contribution in [0.3, 0.4) is 0 Å². The predicted octanol–water partition coefficient (Wildman–Crippen LogP) is 3.95. The van der Waals surface area contributed by atoms with Crippen LogP contribution in [0, 0.1) is 5.82 Å². The summed E-state index contributed by atoms with van der Waals surface area (Å²) in [6, 6.07) is 14.1. The molecule has 0 aliphatic rings. The van der Waals surface area contributed by atoms with Crippen LogP contribution in [-0.4, -0.2) is 6.54 Å². The summed E-state index contributed by atoms with van der Waals surface area (Å²) in [5.41, 5.74) is 6.64. The van der Waals surface area contributed by atoms with E-state index in [9.17, 15) is 4.39 Å². The highest BCUT2D eigenvalue weighted by molar-refractivity contribution is 6.30. The summed E-state index contributed by atoms with van der Waals surface area (Å²) in [4.78, 5) is 0. The van der Waals surface area contributed by atoms with Crippen LogP contribution in [0.4, 0.5) is 4.39 Å². The third kappa shape index (κ3) is 3.69. The van der Waals surface area contributed by atoms with E-state index in [-0.39, 0.29) is 11.1 Å². The molecule has 1 atom stereocenters. The van der Waals surface area contributed by atoms with E-state index >= 15 is 0 Å². The van der Waals surface area contributed by atoms with Crippen LogP contribution in [-0.2, 0) is 0 Å². The number of rotatable bonds is 5. The van der Waals surface area contributed by atoms with Crippen LogP contribution in [0.2, 0.25) is 5.02 Å². The SMILES string of the molecule is NCC[C@@H](Oc1ccc(F)c(Cl)c1)c1ccccc1. The Kier molecular flexibility index (Phi) is 4.77. The highest BCUT2D eigenvalue weighted by Gasteiger charge is 2.13. The topological polar surface area (TPSA) is 35.2 Å². The van der Waals surface area contributed by atoms with E-state index < -0.39 is 5.82 Å². The van der Waals surface area contributed by atoms with Crippen LogP contribution in [0.5, 0.6) is 5.75 Å². The van der Waals surface area contributed by atoms with Crippen molar-refractivity contribution in [3.8, 4) is 5.75 Å². The summed E-state index contributed by atoms with van der Waals surface area (Å²) in [6.45, 7) is 0.508. The minimum atomic E-state index is -0.455. The maximum atomic E-state index is 13.1. The molecule has 0 radical (unpaired) electrons. The van der Waals surface area contributed by atoms with Crippen molar-refractivity contribution in [3.63, 3.8) is 0 Å². The van der Waals surface area contributed by atoms with Gasteiger partial charge < -0.3 is 10.5 Å². The Balaban J connectivity index is 2.19. The molecule has 0 saturated heterocycles. The number of ether oxygens (including phenoxy) is 1. The van der Waals surface area contributed by atoms with Crippen LogP contribution >= 0.6 is 11.6 Å². The predicted molar refractivity (Wildman–Crippen MR) is 74.9 cm³/mol. The Morgan fingerprint density at radius 2 is 1.89 bits per heavy atom. The Hall–Kier alpha value is -1.58. The lowest BCUT2D eigenvalue weighted by atomic mass is 10.1. The van der Waals surface area contributed by atoms with Gasteiger partial charge in [0.25, 0.3) is 0 Å². The fourth-order valence-electron chi connectivity index (χ4n) is 1.83. The summed E-state index contributed by atoms with van der Waals surface area (Å²) < 4.78 is 18.9. The van der Waals surface area contributed by atoms with Crippen molar-refractivity contribution < 1.29 is 9.13 Å². The zero-order valence-electron chi connectivity index (χ0n) is 10.4. The number of hydrogen-bond acceptors (Lipinski definition) is 2. The van der Waals surface area contributed by atoms with Gasteiger partial charge in [0, 0.05) is 12.5 Å². The number of benzene rings is 2. The Bertz CT molecular complexity index is 533. The summed E-state index contributed by atoms with van der Waals surface area (Å²) in [6.07, 6.45) is 0.520. The molecule has 2 nitrogen and oxygen atoms in total. The second-order valence-corrected chi connectivity index (χ2v) is 4.58. The van der Waals surface area contributed by atoms with Gasteiger partial charge in [0.15, 0.2) is 0 Å². The summed E-state index contributed by atoms with van der Waals surface area (Å²) >= 11 is 5.74. The number of nitrogens with two attached hydrogens (primary N) is 1. The van der Waals surface area contributed by atoms with Crippen LogP contribution < -0.4 is 10.5 Å². The van der Waals surface area contributed by atoms with Gasteiger partial charge in [0.2, 0.25) is 0 Å². The van der Waals surface area contributed by atoms with Gasteiger partial charge in [-0.05, 0) is 24.2 Å². The first-order valence-corrected chi connectivity index (χ1v) is 6.45. The first-order chi connectivity index (χ1) is 9.20. The molecule has 100 valence electrons. The van der Waals surface area contributed by atoms with Crippen molar-refractivity contribution in [1.29, 1.82) is 0 Å². The molecule has 0 spiro atoms. The van der Waals surface area contributed by atoms with E-state index in [0.717, 1.165) is 5.56 Å². The van der Waals surface area contributed by atoms with E-state index in [0.29, 0.717) is 18.7 Å². The van der Waals surface area contributed by atoms with Gasteiger partial charge in [-0.15, -0.1) is 0 Å². The van der Waals surface area contributed by atoms with E-state index in [1.807, 2.05) is 30.3 Å². The Morgan fingerprint density at radius 3 is 2.53 bits per heavy atom. The summed E-state index contributed by atoms with van der Waals surface area (Å²) in [5, 5.41) is 0.0528. The van der Waals surface area contributed by atoms with Crippen molar-refractivity contribution in [2.75, 3.05) is 6.54 Å². The number of hydrogen-bond donors (Lipinski definition) is 1. The normalized spacial score (nSPS) is 12.2. The Labute approximate surface area is 117 Å². The summed E-state index contributed by atoms with van der Waals surface area (Å²) in [5.74, 6) is 0.0813. The molecule has 4 heteroatoms. The molecule has 2 aromatic rings. The minimum Gasteiger partial charge on any atom is -0.486 e. The van der Waals surface area contributed by atoms with Crippen molar-refractivity contribution >= 4 is 11.6 Å². The van der Waals surface area contributed by atoms with Crippen LogP contribution in [0.25, 0.3) is 0 Å². The van der Waals surface area contributed by atoms with Crippen LogP contribution in [0.1, 0.15) is 18.1 Å². The quantitative estimate of drug-likeness (QED) is 0.899. The molecule has 0 aliphatic carbocycles. The fraction of sp³-hybridized carbons (Fsp3) is 0.200. The maximum absolute atomic E-state index is 13.1. The highest BCUT2D eigenvalue weighted by Crippen LogP contribution is 2.27. The molecule has 0 heterocycles. The Morgan fingerprint density at radius 1 is 1.16 bits per heavy atom. The van der Waals surface area contributed by atoms with Gasteiger partial charge in [0.1, 0.15) is 17.7 Å². The first kappa shape index (κ1) is 13.8. The fourth-order valence-corrected chi connectivity index (χ4v) is 2.00. The summed E-state index contributed by atoms with van der Waals surface area (Å²) in [7, 11) is 0. The molecule has 2 rings (SSSR count). The molecule has 0 aromatic heterocycles. The maximum Gasteiger partial charge on any atom is 0.142 e. The molecule has 0 bridgehead atoms. The molecule has 0 saturated carbocycles. The van der Waals surface area contributed by atoms with Gasteiger partial charge in [0.05, 0.1) is 5.02 Å². The molecule has 2 N–H and O–H groups in total. The third-order valence-corrected chi connectivity index (χ3v) is 3.06. The van der Waals surface area contributed by atoms with Crippen LogP contribution in [0.15, 0.2) is 48.5 Å². The largest absolute Gasteiger partial charge is 0.486 e. The smallest absolute Gasteiger partial charge is 0.142 e. The molecule has 0 amide bonds. The molecule has 0 unspecified atom stereocenters. The molecular weight excluding hydrogens is 265 g/mol. The zero-order chi connectivity index (χ0) is 13.7. The van der Waals surface area contributed by atoms with E-state index in [2.05, 4.69) is 0 Å². The second-order valence-electron chi connectivity index (χ2n) is 4.17. The lowest BCUT2D eigenvalue weighted by Gasteiger charge is -2.19. The standard InChI is InChI=1S/C15H15ClFNO/c16-13-10-12(6-7-14(13)17)19-15(8-9-18)11-4-2-1-3-5-11/h1-7,10,15H,8-9,18H2/t15-/m1/s1. The van der Waals surface area contributed by atoms with Gasteiger partial charge in [-0.25, -0.2) is 4.39 Å². The van der Waals surface area contributed by atoms with Gasteiger partial charge in [-0.1, -0.05) is 41.9 Å². The van der Waals surface area contributed by atoms with Crippen molar-refractivity contribution in [3.05, 3.63) is 64.9 Å². The van der Waals surface area contributed by atoms with E-state index in [4.69, 9.17) is 22.1 Å². The highest BCUT2D eigenvalue weighted by atomic mass is 35.5. The minimum absolute atomic E-state index is 0.0528. The van der Waals surface area contributed by atoms with Gasteiger partial charge in [-0.2, -0.15) is 0 Å².